The minimum Gasteiger partial charge on any atom is -0.493 e. The van der Waals surface area contributed by atoms with Crippen LogP contribution in [0.1, 0.15) is 11.1 Å². The van der Waals surface area contributed by atoms with E-state index in [1.54, 1.807) is 18.2 Å². The number of hydrazone groups is 1. The van der Waals surface area contributed by atoms with Gasteiger partial charge in [0.25, 0.3) is 15.9 Å². The Kier molecular flexibility index (Phi) is 6.48. The molecule has 0 spiro atoms. The number of halogens is 2. The van der Waals surface area contributed by atoms with E-state index >= 15 is 0 Å². The summed E-state index contributed by atoms with van der Waals surface area (Å²) in [6.07, 6.45) is 2.18. The number of sulfonamides is 1. The predicted molar refractivity (Wildman–Crippen MR) is 109 cm³/mol. The van der Waals surface area contributed by atoms with Gasteiger partial charge in [0.15, 0.2) is 11.5 Å². The van der Waals surface area contributed by atoms with Crippen LogP contribution in [0.4, 0.5) is 4.39 Å². The molecular weight excluding hydrogens is 435 g/mol. The van der Waals surface area contributed by atoms with Gasteiger partial charge in [-0.3, -0.25) is 0 Å². The first-order valence-electron chi connectivity index (χ1n) is 8.44. The van der Waals surface area contributed by atoms with Gasteiger partial charge in [-0.25, -0.2) is 9.82 Å². The zero-order valence-electron chi connectivity index (χ0n) is 15.8. The number of ether oxygens (including phenoxy) is 2. The lowest BCUT2D eigenvalue weighted by atomic mass is 10.2. The zero-order chi connectivity index (χ0) is 21.7. The van der Waals surface area contributed by atoms with E-state index in [2.05, 4.69) is 19.9 Å². The Morgan fingerprint density at radius 2 is 1.90 bits per heavy atom. The molecule has 0 saturated heterocycles. The van der Waals surface area contributed by atoms with E-state index in [0.29, 0.717) is 5.56 Å². The topological polar surface area (TPSA) is 103 Å². The molecule has 0 fully saturated rings. The van der Waals surface area contributed by atoms with E-state index in [9.17, 15) is 12.8 Å². The van der Waals surface area contributed by atoms with Crippen molar-refractivity contribution in [1.29, 1.82) is 0 Å². The third-order valence-corrected chi connectivity index (χ3v) is 5.22. The fourth-order valence-electron chi connectivity index (χ4n) is 2.30. The van der Waals surface area contributed by atoms with Gasteiger partial charge in [-0.05, 0) is 54.4 Å². The Bertz CT molecular complexity index is 1190. The Morgan fingerprint density at radius 1 is 1.17 bits per heavy atom. The molecule has 0 aliphatic rings. The third-order valence-electron chi connectivity index (χ3n) is 3.79. The number of aryl methyl sites for hydroxylation is 1. The lowest BCUT2D eigenvalue weighted by Gasteiger charge is -2.10. The molecule has 1 heterocycles. The average Bonchev–Trinajstić information content (AvgIpc) is 2.72. The monoisotopic (exact) mass is 450 g/mol. The number of benzene rings is 2. The molecule has 11 heteroatoms. The highest BCUT2D eigenvalue weighted by Crippen LogP contribution is 2.32. The Labute approximate surface area is 177 Å². The summed E-state index contributed by atoms with van der Waals surface area (Å²) >= 11 is 5.65. The van der Waals surface area contributed by atoms with Crippen molar-refractivity contribution in [3.05, 3.63) is 70.9 Å². The van der Waals surface area contributed by atoms with Gasteiger partial charge >= 0.3 is 0 Å². The second-order valence-electron chi connectivity index (χ2n) is 5.97. The number of hydrogen-bond acceptors (Lipinski definition) is 7. The SMILES string of the molecule is COc1cc(C=NNS(=O)(=O)c2ccc(C)cc2)ccc1Oc1nc(Cl)ncc1F. The molecule has 0 aliphatic carbocycles. The van der Waals surface area contributed by atoms with Crippen LogP contribution in [-0.4, -0.2) is 31.7 Å². The summed E-state index contributed by atoms with van der Waals surface area (Å²) < 4.78 is 48.9. The minimum absolute atomic E-state index is 0.0946. The van der Waals surface area contributed by atoms with Gasteiger partial charge in [0, 0.05) is 0 Å². The normalized spacial score (nSPS) is 11.5. The van der Waals surface area contributed by atoms with Crippen LogP contribution in [0.3, 0.4) is 0 Å². The molecule has 3 aromatic rings. The van der Waals surface area contributed by atoms with Crippen molar-refractivity contribution in [1.82, 2.24) is 14.8 Å². The molecule has 0 aliphatic heterocycles. The molecule has 156 valence electrons. The van der Waals surface area contributed by atoms with Crippen LogP contribution >= 0.6 is 11.6 Å². The number of nitrogens with one attached hydrogen (secondary N) is 1. The Balaban J connectivity index is 1.76. The summed E-state index contributed by atoms with van der Waals surface area (Å²) in [4.78, 5) is 9.42. The van der Waals surface area contributed by atoms with Crippen molar-refractivity contribution >= 4 is 27.8 Å². The highest BCUT2D eigenvalue weighted by molar-refractivity contribution is 7.89. The number of methoxy groups -OCH3 is 1. The molecule has 0 radical (unpaired) electrons. The highest BCUT2D eigenvalue weighted by Gasteiger charge is 2.14. The van der Waals surface area contributed by atoms with Gasteiger partial charge < -0.3 is 9.47 Å². The van der Waals surface area contributed by atoms with E-state index in [1.165, 1.54) is 37.6 Å². The maximum absolute atomic E-state index is 13.8. The van der Waals surface area contributed by atoms with E-state index in [1.807, 2.05) is 6.92 Å². The quantitative estimate of drug-likeness (QED) is 0.334. The van der Waals surface area contributed by atoms with Crippen LogP contribution in [0.15, 0.2) is 58.7 Å². The summed E-state index contributed by atoms with van der Waals surface area (Å²) in [7, 11) is -2.40. The summed E-state index contributed by atoms with van der Waals surface area (Å²) in [6, 6.07) is 10.9. The van der Waals surface area contributed by atoms with Gasteiger partial charge in [-0.2, -0.15) is 22.9 Å². The minimum atomic E-state index is -3.79. The molecule has 2 aromatic carbocycles. The van der Waals surface area contributed by atoms with Crippen molar-refractivity contribution < 1.29 is 22.3 Å². The van der Waals surface area contributed by atoms with Crippen LogP contribution < -0.4 is 14.3 Å². The van der Waals surface area contributed by atoms with Crippen LogP contribution in [0, 0.1) is 12.7 Å². The molecule has 0 bridgehead atoms. The Hall–Kier alpha value is -3.24. The molecule has 3 rings (SSSR count). The fraction of sp³-hybridized carbons (Fsp3) is 0.105. The van der Waals surface area contributed by atoms with Gasteiger partial charge in [0.2, 0.25) is 11.1 Å². The van der Waals surface area contributed by atoms with Gasteiger partial charge in [-0.1, -0.05) is 17.7 Å². The van der Waals surface area contributed by atoms with E-state index < -0.39 is 15.8 Å². The van der Waals surface area contributed by atoms with E-state index in [-0.39, 0.29) is 27.6 Å². The largest absolute Gasteiger partial charge is 0.493 e. The van der Waals surface area contributed by atoms with Crippen LogP contribution in [0.25, 0.3) is 0 Å². The summed E-state index contributed by atoms with van der Waals surface area (Å²) in [5.41, 5.74) is 1.45. The van der Waals surface area contributed by atoms with Crippen LogP contribution in [0.2, 0.25) is 5.28 Å². The Morgan fingerprint density at radius 3 is 2.60 bits per heavy atom. The van der Waals surface area contributed by atoms with Crippen LogP contribution in [-0.2, 0) is 10.0 Å². The first-order valence-corrected chi connectivity index (χ1v) is 10.3. The molecule has 0 atom stereocenters. The summed E-state index contributed by atoms with van der Waals surface area (Å²) in [5, 5.41) is 3.60. The number of aromatic nitrogens is 2. The average molecular weight is 451 g/mol. The van der Waals surface area contributed by atoms with Crippen molar-refractivity contribution in [3.8, 4) is 17.4 Å². The van der Waals surface area contributed by atoms with Crippen molar-refractivity contribution in [3.63, 3.8) is 0 Å². The van der Waals surface area contributed by atoms with Crippen molar-refractivity contribution in [2.75, 3.05) is 7.11 Å². The standard InChI is InChI=1S/C19H16ClFN4O4S/c1-12-3-6-14(7-4-12)30(26,27)25-23-10-13-5-8-16(17(9-13)28-2)29-18-15(21)11-22-19(20)24-18/h3-11,25H,1-2H3. The van der Waals surface area contributed by atoms with Crippen LogP contribution in [0.5, 0.6) is 17.4 Å². The molecule has 1 aromatic heterocycles. The summed E-state index contributed by atoms with van der Waals surface area (Å²) in [5.74, 6) is -0.740. The van der Waals surface area contributed by atoms with Gasteiger partial charge in [-0.15, -0.1) is 0 Å². The van der Waals surface area contributed by atoms with E-state index in [4.69, 9.17) is 21.1 Å². The number of rotatable bonds is 7. The fourth-order valence-corrected chi connectivity index (χ4v) is 3.21. The lowest BCUT2D eigenvalue weighted by Crippen LogP contribution is -2.18. The zero-order valence-corrected chi connectivity index (χ0v) is 17.4. The summed E-state index contributed by atoms with van der Waals surface area (Å²) in [6.45, 7) is 1.86. The molecule has 0 saturated carbocycles. The first-order chi connectivity index (χ1) is 14.3. The second kappa shape index (κ2) is 9.06. The molecule has 1 N–H and O–H groups in total. The number of hydrogen-bond donors (Lipinski definition) is 1. The maximum Gasteiger partial charge on any atom is 0.276 e. The van der Waals surface area contributed by atoms with Crippen molar-refractivity contribution in [2.24, 2.45) is 5.10 Å². The molecule has 30 heavy (non-hydrogen) atoms. The molecule has 0 unspecified atom stereocenters. The number of nitrogens with zero attached hydrogens (tertiary/aromatic N) is 3. The maximum atomic E-state index is 13.8. The predicted octanol–water partition coefficient (Wildman–Crippen LogP) is 3.69. The highest BCUT2D eigenvalue weighted by atomic mass is 35.5. The van der Waals surface area contributed by atoms with Crippen molar-refractivity contribution in [2.45, 2.75) is 11.8 Å². The second-order valence-corrected chi connectivity index (χ2v) is 7.97. The lowest BCUT2D eigenvalue weighted by molar-refractivity contribution is 0.363. The van der Waals surface area contributed by atoms with Gasteiger partial charge in [0.1, 0.15) is 0 Å². The third kappa shape index (κ3) is 5.22. The molecule has 8 nitrogen and oxygen atoms in total. The smallest absolute Gasteiger partial charge is 0.276 e. The first kappa shape index (κ1) is 21.5. The molecular formula is C19H16ClFN4O4S. The van der Waals surface area contributed by atoms with Gasteiger partial charge in [0.05, 0.1) is 24.4 Å². The van der Waals surface area contributed by atoms with E-state index in [0.717, 1.165) is 11.8 Å². The molecule has 0 amide bonds.